The van der Waals surface area contributed by atoms with E-state index >= 15 is 0 Å². The van der Waals surface area contributed by atoms with E-state index in [0.717, 1.165) is 71.7 Å². The van der Waals surface area contributed by atoms with Crippen LogP contribution in [0.15, 0.2) is 12.3 Å². The first kappa shape index (κ1) is 20.6. The second-order valence-corrected chi connectivity index (χ2v) is 7.74. The zero-order valence-electron chi connectivity index (χ0n) is 16.0. The number of hydrogen-bond donors (Lipinski definition) is 1. The first-order valence-electron chi connectivity index (χ1n) is 10.2. The van der Waals surface area contributed by atoms with Crippen molar-refractivity contribution in [1.29, 1.82) is 0 Å². The van der Waals surface area contributed by atoms with Crippen molar-refractivity contribution in [3.63, 3.8) is 0 Å². The van der Waals surface area contributed by atoms with Gasteiger partial charge < -0.3 is 15.0 Å². The Morgan fingerprint density at radius 3 is 2.81 bits per heavy atom. The van der Waals surface area contributed by atoms with Gasteiger partial charge in [-0.2, -0.15) is 5.10 Å². The second-order valence-electron chi connectivity index (χ2n) is 7.74. The Bertz CT molecular complexity index is 599. The van der Waals surface area contributed by atoms with Crippen molar-refractivity contribution < 1.29 is 9.53 Å². The Labute approximate surface area is 167 Å². The maximum absolute atomic E-state index is 13.1. The smallest absolute Gasteiger partial charge is 0.274 e. The molecule has 3 saturated heterocycles. The van der Waals surface area contributed by atoms with E-state index in [2.05, 4.69) is 20.2 Å². The number of aromatic nitrogens is 2. The lowest BCUT2D eigenvalue weighted by Gasteiger charge is -2.39. The fourth-order valence-corrected chi connectivity index (χ4v) is 4.40. The second kappa shape index (κ2) is 9.87. The van der Waals surface area contributed by atoms with Gasteiger partial charge in [0.15, 0.2) is 0 Å². The summed E-state index contributed by atoms with van der Waals surface area (Å²) in [5, 5.41) is 8.06. The van der Waals surface area contributed by atoms with E-state index in [-0.39, 0.29) is 18.3 Å². The van der Waals surface area contributed by atoms with Gasteiger partial charge in [0.2, 0.25) is 0 Å². The van der Waals surface area contributed by atoms with Gasteiger partial charge in [-0.25, -0.2) is 0 Å². The minimum Gasteiger partial charge on any atom is -0.379 e. The quantitative estimate of drug-likeness (QED) is 0.835. The zero-order chi connectivity index (χ0) is 17.8. The molecule has 4 rings (SSSR count). The van der Waals surface area contributed by atoms with E-state index in [9.17, 15) is 4.79 Å². The molecule has 1 amide bonds. The normalized spacial score (nSPS) is 27.2. The molecular formula is C19H32ClN5O2. The molecule has 8 heteroatoms. The van der Waals surface area contributed by atoms with Gasteiger partial charge in [-0.15, -0.1) is 12.4 Å². The standard InChI is InChI=1S/C19H31N5O2.ClH/c25-19(18-6-9-24(21-18)16-5-3-7-20-14-16)23-8-2-1-4-17(23)15-22-10-12-26-13-11-22;/h6,9,16-17,20H,1-5,7-8,10-15H2;1H. The van der Waals surface area contributed by atoms with Crippen molar-refractivity contribution in [2.24, 2.45) is 0 Å². The van der Waals surface area contributed by atoms with Gasteiger partial charge in [0, 0.05) is 45.0 Å². The van der Waals surface area contributed by atoms with Crippen LogP contribution >= 0.6 is 12.4 Å². The average molecular weight is 398 g/mol. The lowest BCUT2D eigenvalue weighted by molar-refractivity contribution is 0.0164. The highest BCUT2D eigenvalue weighted by Gasteiger charge is 2.30. The molecule has 3 fully saturated rings. The van der Waals surface area contributed by atoms with E-state index < -0.39 is 0 Å². The topological polar surface area (TPSA) is 62.6 Å². The number of carbonyl (C=O) groups excluding carboxylic acids is 1. The summed E-state index contributed by atoms with van der Waals surface area (Å²) in [5.41, 5.74) is 0.601. The largest absolute Gasteiger partial charge is 0.379 e. The van der Waals surface area contributed by atoms with Crippen molar-refractivity contribution in [3.8, 4) is 0 Å². The Hall–Kier alpha value is -1.15. The number of nitrogens with zero attached hydrogens (tertiary/aromatic N) is 4. The number of likely N-dealkylation sites (tertiary alicyclic amines) is 1. The van der Waals surface area contributed by atoms with Gasteiger partial charge >= 0.3 is 0 Å². The molecule has 0 radical (unpaired) electrons. The minimum absolute atomic E-state index is 0. The molecule has 4 heterocycles. The fourth-order valence-electron chi connectivity index (χ4n) is 4.40. The summed E-state index contributed by atoms with van der Waals surface area (Å²) in [6.45, 7) is 7.40. The first-order chi connectivity index (χ1) is 12.8. The van der Waals surface area contributed by atoms with Crippen LogP contribution < -0.4 is 5.32 Å². The van der Waals surface area contributed by atoms with E-state index in [1.54, 1.807) is 0 Å². The van der Waals surface area contributed by atoms with E-state index in [0.29, 0.717) is 17.8 Å². The summed E-state index contributed by atoms with van der Waals surface area (Å²) < 4.78 is 7.44. The molecule has 0 bridgehead atoms. The number of morpholine rings is 1. The zero-order valence-corrected chi connectivity index (χ0v) is 16.8. The van der Waals surface area contributed by atoms with Crippen LogP contribution in [0, 0.1) is 0 Å². The number of hydrogen-bond acceptors (Lipinski definition) is 5. The Morgan fingerprint density at radius 2 is 2.04 bits per heavy atom. The van der Waals surface area contributed by atoms with Crippen molar-refractivity contribution in [2.45, 2.75) is 44.2 Å². The van der Waals surface area contributed by atoms with E-state index in [4.69, 9.17) is 4.74 Å². The molecule has 2 unspecified atom stereocenters. The third-order valence-corrected chi connectivity index (χ3v) is 5.93. The third kappa shape index (κ3) is 5.02. The highest BCUT2D eigenvalue weighted by molar-refractivity contribution is 5.92. The van der Waals surface area contributed by atoms with Gasteiger partial charge in [0.25, 0.3) is 5.91 Å². The molecule has 1 aromatic heterocycles. The number of amides is 1. The highest BCUT2D eigenvalue weighted by Crippen LogP contribution is 2.22. The van der Waals surface area contributed by atoms with Gasteiger partial charge in [-0.1, -0.05) is 0 Å². The van der Waals surface area contributed by atoms with Crippen LogP contribution in [0.2, 0.25) is 0 Å². The maximum Gasteiger partial charge on any atom is 0.274 e. The Morgan fingerprint density at radius 1 is 1.19 bits per heavy atom. The average Bonchev–Trinajstić information content (AvgIpc) is 3.20. The van der Waals surface area contributed by atoms with Crippen LogP contribution in [-0.4, -0.2) is 84.0 Å². The molecule has 2 atom stereocenters. The molecule has 1 N–H and O–H groups in total. The molecular weight excluding hydrogens is 366 g/mol. The van der Waals surface area contributed by atoms with Gasteiger partial charge in [0.1, 0.15) is 5.69 Å². The number of piperidine rings is 2. The lowest BCUT2D eigenvalue weighted by atomic mass is 10.0. The number of carbonyl (C=O) groups is 1. The molecule has 152 valence electrons. The predicted octanol–water partition coefficient (Wildman–Crippen LogP) is 1.56. The van der Waals surface area contributed by atoms with Gasteiger partial charge in [0.05, 0.1) is 19.3 Å². The van der Waals surface area contributed by atoms with E-state index in [1.165, 1.54) is 12.8 Å². The van der Waals surface area contributed by atoms with Gasteiger partial charge in [-0.05, 0) is 44.7 Å². The molecule has 0 spiro atoms. The number of halogens is 1. The molecule has 0 saturated carbocycles. The van der Waals surface area contributed by atoms with Crippen LogP contribution in [0.25, 0.3) is 0 Å². The van der Waals surface area contributed by atoms with Gasteiger partial charge in [-0.3, -0.25) is 14.4 Å². The van der Waals surface area contributed by atoms with E-state index in [1.807, 2.05) is 16.9 Å². The Kier molecular flexibility index (Phi) is 7.52. The summed E-state index contributed by atoms with van der Waals surface area (Å²) >= 11 is 0. The summed E-state index contributed by atoms with van der Waals surface area (Å²) in [5.74, 6) is 0.102. The molecule has 3 aliphatic rings. The molecule has 7 nitrogen and oxygen atoms in total. The first-order valence-corrected chi connectivity index (χ1v) is 10.2. The molecule has 27 heavy (non-hydrogen) atoms. The highest BCUT2D eigenvalue weighted by atomic mass is 35.5. The molecule has 1 aromatic rings. The Balaban J connectivity index is 0.00000210. The predicted molar refractivity (Wildman–Crippen MR) is 107 cm³/mol. The van der Waals surface area contributed by atoms with Crippen LogP contribution in [0.4, 0.5) is 0 Å². The fraction of sp³-hybridized carbons (Fsp3) is 0.789. The third-order valence-electron chi connectivity index (χ3n) is 5.93. The van der Waals surface area contributed by atoms with Crippen molar-refractivity contribution in [1.82, 2.24) is 24.9 Å². The monoisotopic (exact) mass is 397 g/mol. The van der Waals surface area contributed by atoms with Crippen molar-refractivity contribution >= 4 is 18.3 Å². The number of ether oxygens (including phenoxy) is 1. The van der Waals surface area contributed by atoms with Crippen molar-refractivity contribution in [2.75, 3.05) is 52.5 Å². The van der Waals surface area contributed by atoms with Crippen molar-refractivity contribution in [3.05, 3.63) is 18.0 Å². The summed E-state index contributed by atoms with van der Waals surface area (Å²) in [7, 11) is 0. The lowest BCUT2D eigenvalue weighted by Crippen LogP contribution is -2.51. The summed E-state index contributed by atoms with van der Waals surface area (Å²) in [6.07, 6.45) is 7.68. The molecule has 0 aliphatic carbocycles. The molecule has 3 aliphatic heterocycles. The van der Waals surface area contributed by atoms with Crippen LogP contribution in [0.3, 0.4) is 0 Å². The summed E-state index contributed by atoms with van der Waals surface area (Å²) in [4.78, 5) is 17.6. The number of nitrogens with one attached hydrogen (secondary N) is 1. The van der Waals surface area contributed by atoms with Crippen LogP contribution in [0.5, 0.6) is 0 Å². The maximum atomic E-state index is 13.1. The summed E-state index contributed by atoms with van der Waals surface area (Å²) in [6, 6.07) is 2.57. The molecule has 0 aromatic carbocycles. The van der Waals surface area contributed by atoms with Crippen LogP contribution in [-0.2, 0) is 4.74 Å². The minimum atomic E-state index is 0. The van der Waals surface area contributed by atoms with Crippen LogP contribution in [0.1, 0.15) is 48.6 Å². The SMILES string of the molecule is Cl.O=C(c1ccn(C2CCCNC2)n1)N1CCCCC1CN1CCOCC1. The number of rotatable bonds is 4.